The van der Waals surface area contributed by atoms with Gasteiger partial charge < -0.3 is 9.64 Å². The molecule has 0 radical (unpaired) electrons. The standard InChI is InChI=1S/C19H18ClFN2O2/c1-2-25-10-9-23-17-8-7-13(20)11-15(17)19(22-12-18(23)24)14-5-3-4-6-16(14)21/h3-8,11H,2,9-10,12H2,1H3. The monoisotopic (exact) mass is 360 g/mol. The molecule has 0 saturated carbocycles. The van der Waals surface area contributed by atoms with E-state index in [0.29, 0.717) is 47.3 Å². The van der Waals surface area contributed by atoms with E-state index in [1.54, 1.807) is 41.3 Å². The second-order valence-corrected chi connectivity index (χ2v) is 5.98. The van der Waals surface area contributed by atoms with Crippen LogP contribution in [0, 0.1) is 5.82 Å². The molecule has 2 aromatic rings. The Morgan fingerprint density at radius 2 is 2.04 bits per heavy atom. The summed E-state index contributed by atoms with van der Waals surface area (Å²) < 4.78 is 19.7. The van der Waals surface area contributed by atoms with Crippen LogP contribution in [0.1, 0.15) is 18.1 Å². The maximum absolute atomic E-state index is 14.3. The lowest BCUT2D eigenvalue weighted by atomic mass is 9.99. The van der Waals surface area contributed by atoms with E-state index in [0.717, 1.165) is 0 Å². The van der Waals surface area contributed by atoms with Crippen molar-refractivity contribution in [3.8, 4) is 0 Å². The first-order chi connectivity index (χ1) is 12.1. The zero-order chi connectivity index (χ0) is 17.8. The maximum atomic E-state index is 14.3. The summed E-state index contributed by atoms with van der Waals surface area (Å²) in [6.45, 7) is 3.24. The lowest BCUT2D eigenvalue weighted by molar-refractivity contribution is -0.117. The van der Waals surface area contributed by atoms with Crippen molar-refractivity contribution >= 4 is 28.9 Å². The molecule has 0 saturated heterocycles. The van der Waals surface area contributed by atoms with Gasteiger partial charge in [-0.2, -0.15) is 0 Å². The molecule has 25 heavy (non-hydrogen) atoms. The smallest absolute Gasteiger partial charge is 0.248 e. The second-order valence-electron chi connectivity index (χ2n) is 5.55. The molecule has 0 aliphatic carbocycles. The molecule has 1 aliphatic heterocycles. The fourth-order valence-corrected chi connectivity index (χ4v) is 2.99. The number of fused-ring (bicyclic) bond motifs is 1. The van der Waals surface area contributed by atoms with Gasteiger partial charge in [-0.1, -0.05) is 23.7 Å². The van der Waals surface area contributed by atoms with Gasteiger partial charge in [0.2, 0.25) is 5.91 Å². The van der Waals surface area contributed by atoms with Crippen LogP contribution >= 0.6 is 11.6 Å². The van der Waals surface area contributed by atoms with Gasteiger partial charge in [0, 0.05) is 29.3 Å². The third kappa shape index (κ3) is 3.72. The topological polar surface area (TPSA) is 41.9 Å². The van der Waals surface area contributed by atoms with E-state index >= 15 is 0 Å². The van der Waals surface area contributed by atoms with Crippen LogP contribution in [0.4, 0.5) is 10.1 Å². The number of aliphatic imine (C=N–C) groups is 1. The number of nitrogens with zero attached hydrogens (tertiary/aromatic N) is 2. The Balaban J connectivity index is 2.09. The Morgan fingerprint density at radius 3 is 2.80 bits per heavy atom. The van der Waals surface area contributed by atoms with Crippen molar-refractivity contribution in [3.63, 3.8) is 0 Å². The highest BCUT2D eigenvalue weighted by Crippen LogP contribution is 2.30. The predicted octanol–water partition coefficient (Wildman–Crippen LogP) is 3.70. The van der Waals surface area contributed by atoms with Crippen LogP contribution in [0.5, 0.6) is 0 Å². The molecule has 0 unspecified atom stereocenters. The number of carbonyl (C=O) groups excluding carboxylic acids is 1. The van der Waals surface area contributed by atoms with E-state index in [4.69, 9.17) is 16.3 Å². The number of benzene rings is 2. The number of halogens is 2. The molecule has 1 heterocycles. The summed E-state index contributed by atoms with van der Waals surface area (Å²) in [4.78, 5) is 18.6. The zero-order valence-corrected chi connectivity index (χ0v) is 14.6. The number of rotatable bonds is 5. The first kappa shape index (κ1) is 17.6. The highest BCUT2D eigenvalue weighted by Gasteiger charge is 2.26. The summed E-state index contributed by atoms with van der Waals surface area (Å²) in [5.41, 5.74) is 2.09. The van der Waals surface area contributed by atoms with E-state index in [1.165, 1.54) is 6.07 Å². The molecule has 2 aromatic carbocycles. The second kappa shape index (κ2) is 7.76. The van der Waals surface area contributed by atoms with Crippen molar-refractivity contribution in [1.82, 2.24) is 0 Å². The first-order valence-corrected chi connectivity index (χ1v) is 8.47. The van der Waals surface area contributed by atoms with Crippen molar-refractivity contribution in [1.29, 1.82) is 0 Å². The van der Waals surface area contributed by atoms with Crippen LogP contribution < -0.4 is 4.90 Å². The number of ether oxygens (including phenoxy) is 1. The summed E-state index contributed by atoms with van der Waals surface area (Å²) in [5.74, 6) is -0.544. The summed E-state index contributed by atoms with van der Waals surface area (Å²) in [6, 6.07) is 11.6. The Kier molecular flexibility index (Phi) is 5.46. The lowest BCUT2D eigenvalue weighted by Crippen LogP contribution is -2.35. The van der Waals surface area contributed by atoms with Crippen LogP contribution in [-0.4, -0.2) is 37.9 Å². The Labute approximate surface area is 150 Å². The number of hydrogen-bond acceptors (Lipinski definition) is 3. The summed E-state index contributed by atoms with van der Waals surface area (Å²) in [6.07, 6.45) is 0. The minimum atomic E-state index is -0.387. The molecule has 0 spiro atoms. The minimum Gasteiger partial charge on any atom is -0.380 e. The molecule has 0 N–H and O–H groups in total. The molecule has 0 bridgehead atoms. The maximum Gasteiger partial charge on any atom is 0.248 e. The summed E-state index contributed by atoms with van der Waals surface area (Å²) in [5, 5.41) is 0.502. The average Bonchev–Trinajstić information content (AvgIpc) is 2.73. The van der Waals surface area contributed by atoms with Crippen molar-refractivity contribution in [2.75, 3.05) is 31.2 Å². The van der Waals surface area contributed by atoms with Crippen LogP contribution in [-0.2, 0) is 9.53 Å². The van der Waals surface area contributed by atoms with Gasteiger partial charge in [-0.15, -0.1) is 0 Å². The van der Waals surface area contributed by atoms with Crippen LogP contribution in [0.3, 0.4) is 0 Å². The van der Waals surface area contributed by atoms with Gasteiger partial charge >= 0.3 is 0 Å². The molecule has 3 rings (SSSR count). The zero-order valence-electron chi connectivity index (χ0n) is 13.8. The largest absolute Gasteiger partial charge is 0.380 e. The molecule has 0 fully saturated rings. The van der Waals surface area contributed by atoms with Crippen molar-refractivity contribution in [2.24, 2.45) is 4.99 Å². The highest BCUT2D eigenvalue weighted by atomic mass is 35.5. The number of benzodiazepines with no additional fused rings is 1. The van der Waals surface area contributed by atoms with Crippen molar-refractivity contribution in [2.45, 2.75) is 6.92 Å². The quantitative estimate of drug-likeness (QED) is 0.763. The Bertz CT molecular complexity index is 823. The molecular weight excluding hydrogens is 343 g/mol. The predicted molar refractivity (Wildman–Crippen MR) is 97.2 cm³/mol. The van der Waals surface area contributed by atoms with Crippen LogP contribution in [0.15, 0.2) is 47.5 Å². The molecule has 6 heteroatoms. The SMILES string of the molecule is CCOCCN1C(=O)CN=C(c2ccccc2F)c2cc(Cl)ccc21. The van der Waals surface area contributed by atoms with Gasteiger partial charge in [0.1, 0.15) is 12.4 Å². The average molecular weight is 361 g/mol. The summed E-state index contributed by atoms with van der Waals surface area (Å²) in [7, 11) is 0. The van der Waals surface area contributed by atoms with Gasteiger partial charge in [0.05, 0.1) is 18.0 Å². The minimum absolute atomic E-state index is 0.0535. The van der Waals surface area contributed by atoms with Gasteiger partial charge in [0.25, 0.3) is 0 Å². The van der Waals surface area contributed by atoms with Gasteiger partial charge in [-0.25, -0.2) is 4.39 Å². The number of anilines is 1. The van der Waals surface area contributed by atoms with E-state index in [9.17, 15) is 9.18 Å². The van der Waals surface area contributed by atoms with E-state index < -0.39 is 0 Å². The highest BCUT2D eigenvalue weighted by molar-refractivity contribution is 6.32. The van der Waals surface area contributed by atoms with E-state index in [1.807, 2.05) is 6.92 Å². The fraction of sp³-hybridized carbons (Fsp3) is 0.263. The third-order valence-corrected chi connectivity index (χ3v) is 4.21. The lowest BCUT2D eigenvalue weighted by Gasteiger charge is -2.23. The molecule has 130 valence electrons. The van der Waals surface area contributed by atoms with Gasteiger partial charge in [0.15, 0.2) is 0 Å². The number of carbonyl (C=O) groups is 1. The first-order valence-electron chi connectivity index (χ1n) is 8.09. The Morgan fingerprint density at radius 1 is 1.24 bits per heavy atom. The Hall–Kier alpha value is -2.24. The molecular formula is C19H18ClFN2O2. The van der Waals surface area contributed by atoms with E-state index in [2.05, 4.69) is 4.99 Å². The van der Waals surface area contributed by atoms with Gasteiger partial charge in [-0.3, -0.25) is 9.79 Å². The van der Waals surface area contributed by atoms with Crippen LogP contribution in [0.2, 0.25) is 5.02 Å². The van der Waals surface area contributed by atoms with Crippen molar-refractivity contribution in [3.05, 3.63) is 64.4 Å². The van der Waals surface area contributed by atoms with E-state index in [-0.39, 0.29) is 18.3 Å². The molecule has 1 amide bonds. The normalized spacial score (nSPS) is 14.1. The fourth-order valence-electron chi connectivity index (χ4n) is 2.81. The van der Waals surface area contributed by atoms with Gasteiger partial charge in [-0.05, 0) is 37.3 Å². The number of hydrogen-bond donors (Lipinski definition) is 0. The molecule has 4 nitrogen and oxygen atoms in total. The molecule has 0 aromatic heterocycles. The van der Waals surface area contributed by atoms with Crippen LogP contribution in [0.25, 0.3) is 0 Å². The molecule has 1 aliphatic rings. The summed E-state index contributed by atoms with van der Waals surface area (Å²) >= 11 is 6.16. The molecule has 0 atom stereocenters. The van der Waals surface area contributed by atoms with Crippen molar-refractivity contribution < 1.29 is 13.9 Å². The third-order valence-electron chi connectivity index (χ3n) is 3.97. The number of amides is 1.